The van der Waals surface area contributed by atoms with Gasteiger partial charge >= 0.3 is 6.09 Å². The number of carbonyl (C=O) groups excluding carboxylic acids is 12. The molecule has 540 valence electrons. The van der Waals surface area contributed by atoms with Crippen molar-refractivity contribution in [3.8, 4) is 0 Å². The van der Waals surface area contributed by atoms with Crippen LogP contribution in [0.15, 0.2) is 12.2 Å². The predicted octanol–water partition coefficient (Wildman–Crippen LogP) is 2.43. The van der Waals surface area contributed by atoms with Crippen molar-refractivity contribution in [1.82, 2.24) is 65.8 Å². The SMILES string of the molecule is C/C=C/C[C@@H](C)[C@@H](O)[C@H]1C(=O)N[C@@H](CC)C(=O)N(C)[C@H](C)C(=O)N[C@@H]([C@H](C)CCN2CCN3C(=O)OC[C@@H]3C2)C(=O)N[C@@H](C(C)C)C(=O)N(C)[C@@H](CC(C)C)C(=O)N[C@@H](C)C(=O)N[C@H](C)C(=O)N(C)[C@@H](CC(C)C)C(=O)N(C)[C@@H](CC(C)C)C(=O)N(C)[C@@H](C(C)C)C(=O)N1C. The monoisotopic (exact) mass is 1340 g/mol. The molecular weight excluding hydrogens is 1220 g/mol. The Bertz CT molecular complexity index is 2710. The Kier molecular flexibility index (Phi) is 32.1. The van der Waals surface area contributed by atoms with Gasteiger partial charge in [-0.25, -0.2) is 4.79 Å². The normalized spacial score (nSPS) is 28.8. The second kappa shape index (κ2) is 37.0. The van der Waals surface area contributed by atoms with Crippen LogP contribution in [0.3, 0.4) is 0 Å². The van der Waals surface area contributed by atoms with Crippen molar-refractivity contribution in [3.05, 3.63) is 12.2 Å². The fourth-order valence-electron chi connectivity index (χ4n) is 12.6. The number of nitrogens with zero attached hydrogens (tertiary/aromatic N) is 8. The van der Waals surface area contributed by atoms with E-state index < -0.39 is 161 Å². The minimum Gasteiger partial charge on any atom is -0.447 e. The molecule has 3 rings (SSSR count). The zero-order chi connectivity index (χ0) is 72.5. The van der Waals surface area contributed by atoms with E-state index in [1.165, 1.54) is 82.7 Å². The second-order valence-corrected chi connectivity index (χ2v) is 28.9. The van der Waals surface area contributed by atoms with Gasteiger partial charge in [-0.2, -0.15) is 0 Å². The molecule has 95 heavy (non-hydrogen) atoms. The molecule has 27 heteroatoms. The molecule has 0 aromatic rings. The summed E-state index contributed by atoms with van der Waals surface area (Å²) >= 11 is 0. The molecule has 0 aromatic heterocycles. The maximum Gasteiger partial charge on any atom is 0.410 e. The van der Waals surface area contributed by atoms with Crippen LogP contribution in [0.25, 0.3) is 0 Å². The van der Waals surface area contributed by atoms with E-state index in [-0.39, 0.29) is 62.2 Å². The molecule has 0 spiro atoms. The number of ether oxygens (including phenoxy) is 1. The largest absolute Gasteiger partial charge is 0.447 e. The molecule has 12 amide bonds. The standard InChI is InChI=1S/C68H119N13O14/c1-24-26-27-43(14)56(82)55-61(87)71-48(25-2)63(89)74(18)46(17)58(84)73-53(42(13)28-29-80-30-31-81-47(35-80)36-95-68(81)94)60(86)72-52(40(9)10)66(92)75(19)49(32-37(3)4)59(85)69-44(15)57(83)70-45(16)62(88)76(20)50(33-38(5)6)64(90)77(21)51(34-39(7)8)65(91)78(22)54(41(11)12)67(93)79(55)23/h24,26,37-56,82H,25,27-36H2,1-23H3,(H,69,85)(H,70,83)(H,71,87)(H,72,86)(H,73,84)/b26-24+/t42-,43-,44+,45-,46-,47+,48+,49+,50+,51+,52+,53+,54+,55+,56-/m1/s1. The van der Waals surface area contributed by atoms with Crippen molar-refractivity contribution in [1.29, 1.82) is 0 Å². The van der Waals surface area contributed by atoms with Gasteiger partial charge in [0.25, 0.3) is 0 Å². The number of rotatable bonds is 17. The lowest BCUT2D eigenvalue weighted by Crippen LogP contribution is -2.64. The number of aliphatic hydroxyl groups is 1. The third-order valence-electron chi connectivity index (χ3n) is 19.0. The lowest BCUT2D eigenvalue weighted by atomic mass is 9.91. The molecule has 0 saturated carbocycles. The van der Waals surface area contributed by atoms with Crippen LogP contribution >= 0.6 is 0 Å². The lowest BCUT2D eigenvalue weighted by molar-refractivity contribution is -0.157. The Balaban J connectivity index is 2.30. The summed E-state index contributed by atoms with van der Waals surface area (Å²) in [6.07, 6.45) is 2.70. The van der Waals surface area contributed by atoms with Crippen molar-refractivity contribution in [3.63, 3.8) is 0 Å². The first-order valence-corrected chi connectivity index (χ1v) is 34.2. The van der Waals surface area contributed by atoms with Crippen LogP contribution in [0.4, 0.5) is 4.79 Å². The average molecular weight is 1340 g/mol. The number of allylic oxidation sites excluding steroid dienone is 2. The molecule has 3 aliphatic rings. The van der Waals surface area contributed by atoms with E-state index in [9.17, 15) is 38.7 Å². The van der Waals surface area contributed by atoms with Gasteiger partial charge < -0.3 is 65.8 Å². The first kappa shape index (κ1) is 82.3. The molecule has 15 atom stereocenters. The van der Waals surface area contributed by atoms with Crippen LogP contribution in [0.2, 0.25) is 0 Å². The van der Waals surface area contributed by atoms with Gasteiger partial charge in [0.2, 0.25) is 65.0 Å². The summed E-state index contributed by atoms with van der Waals surface area (Å²) in [7, 11) is 8.47. The quantitative estimate of drug-likeness (QED) is 0.114. The summed E-state index contributed by atoms with van der Waals surface area (Å²) in [6.45, 7) is 31.4. The van der Waals surface area contributed by atoms with Crippen molar-refractivity contribution >= 4 is 71.1 Å². The van der Waals surface area contributed by atoms with Gasteiger partial charge in [0.1, 0.15) is 73.1 Å². The summed E-state index contributed by atoms with van der Waals surface area (Å²) in [5.74, 6) is -10.8. The number of hydrogen-bond donors (Lipinski definition) is 6. The summed E-state index contributed by atoms with van der Waals surface area (Å²) in [5, 5.41) is 26.2. The Labute approximate surface area is 565 Å². The fourth-order valence-corrected chi connectivity index (χ4v) is 12.6. The van der Waals surface area contributed by atoms with E-state index in [1.54, 1.807) is 72.4 Å². The van der Waals surface area contributed by atoms with Crippen LogP contribution in [0.1, 0.15) is 156 Å². The third kappa shape index (κ3) is 21.8. The molecule has 0 unspecified atom stereocenters. The highest BCUT2D eigenvalue weighted by Gasteiger charge is 2.46. The number of nitrogens with one attached hydrogen (secondary N) is 5. The van der Waals surface area contributed by atoms with Crippen LogP contribution < -0.4 is 26.6 Å². The van der Waals surface area contributed by atoms with Gasteiger partial charge in [0.05, 0.1) is 12.1 Å². The summed E-state index contributed by atoms with van der Waals surface area (Å²) in [5.41, 5.74) is 0. The Morgan fingerprint density at radius 2 is 1.02 bits per heavy atom. The summed E-state index contributed by atoms with van der Waals surface area (Å²) in [6, 6.07) is -14.3. The molecule has 27 nitrogen and oxygen atoms in total. The third-order valence-corrected chi connectivity index (χ3v) is 19.0. The molecule has 3 saturated heterocycles. The number of carbonyl (C=O) groups is 12. The zero-order valence-electron chi connectivity index (χ0n) is 61.3. The number of aliphatic hydroxyl groups excluding tert-OH is 1. The smallest absolute Gasteiger partial charge is 0.410 e. The van der Waals surface area contributed by atoms with E-state index in [0.29, 0.717) is 39.0 Å². The van der Waals surface area contributed by atoms with Crippen LogP contribution in [-0.4, -0.2) is 269 Å². The van der Waals surface area contributed by atoms with Gasteiger partial charge in [-0.3, -0.25) is 62.5 Å². The number of likely N-dealkylation sites (N-methyl/N-ethyl adjacent to an activating group) is 6. The van der Waals surface area contributed by atoms with Gasteiger partial charge in [0, 0.05) is 61.9 Å². The number of hydrogen-bond acceptors (Lipinski definition) is 15. The Hall–Kier alpha value is -6.90. The number of amides is 12. The minimum atomic E-state index is -1.65. The van der Waals surface area contributed by atoms with Gasteiger partial charge in [0.15, 0.2) is 0 Å². The van der Waals surface area contributed by atoms with Gasteiger partial charge in [-0.15, -0.1) is 0 Å². The van der Waals surface area contributed by atoms with Crippen LogP contribution in [0, 0.1) is 41.4 Å². The van der Waals surface area contributed by atoms with E-state index >= 15 is 24.0 Å². The fraction of sp³-hybridized carbons (Fsp3) is 0.794. The summed E-state index contributed by atoms with van der Waals surface area (Å²) in [4.78, 5) is 186. The molecule has 0 aromatic carbocycles. The van der Waals surface area contributed by atoms with Crippen molar-refractivity contribution < 1.29 is 67.4 Å². The first-order chi connectivity index (χ1) is 44.2. The highest BCUT2D eigenvalue weighted by Crippen LogP contribution is 2.27. The first-order valence-electron chi connectivity index (χ1n) is 34.2. The highest BCUT2D eigenvalue weighted by molar-refractivity contribution is 6.00. The van der Waals surface area contributed by atoms with Gasteiger partial charge in [-0.05, 0) is 114 Å². The van der Waals surface area contributed by atoms with Crippen LogP contribution in [0.5, 0.6) is 0 Å². The number of fused-ring (bicyclic) bond motifs is 1. The Morgan fingerprint density at radius 3 is 1.55 bits per heavy atom. The van der Waals surface area contributed by atoms with E-state index in [1.807, 2.05) is 41.5 Å². The van der Waals surface area contributed by atoms with E-state index in [2.05, 4.69) is 31.5 Å². The molecule has 3 heterocycles. The topological polar surface area (TPSA) is 320 Å². The van der Waals surface area contributed by atoms with Gasteiger partial charge in [-0.1, -0.05) is 102 Å². The molecule has 3 fully saturated rings. The maximum absolute atomic E-state index is 15.3. The van der Waals surface area contributed by atoms with Crippen molar-refractivity contribution in [2.75, 3.05) is 75.1 Å². The summed E-state index contributed by atoms with van der Waals surface area (Å²) < 4.78 is 5.28. The maximum atomic E-state index is 15.3. The van der Waals surface area contributed by atoms with Crippen molar-refractivity contribution in [2.45, 2.75) is 235 Å². The molecule has 0 bridgehead atoms. The second-order valence-electron chi connectivity index (χ2n) is 28.9. The minimum absolute atomic E-state index is 0.0154. The number of cyclic esters (lactones) is 1. The van der Waals surface area contributed by atoms with Crippen LogP contribution in [-0.2, 0) is 57.5 Å². The van der Waals surface area contributed by atoms with E-state index in [4.69, 9.17) is 4.74 Å². The highest BCUT2D eigenvalue weighted by atomic mass is 16.6. The molecular formula is C68H119N13O14. The van der Waals surface area contributed by atoms with E-state index in [0.717, 1.165) is 9.80 Å². The molecule has 3 aliphatic heterocycles. The molecule has 6 N–H and O–H groups in total. The van der Waals surface area contributed by atoms with Crippen molar-refractivity contribution in [2.24, 2.45) is 41.4 Å². The lowest BCUT2D eigenvalue weighted by Gasteiger charge is -2.41. The molecule has 0 radical (unpaired) electrons. The predicted molar refractivity (Wildman–Crippen MR) is 361 cm³/mol. The number of piperazine rings is 1. The zero-order valence-corrected chi connectivity index (χ0v) is 61.3. The average Bonchev–Trinajstić information content (AvgIpc) is 1.78. The Morgan fingerprint density at radius 1 is 0.516 bits per heavy atom. The molecule has 0 aliphatic carbocycles.